The Bertz CT molecular complexity index is 671. The Hall–Kier alpha value is -2.37. The summed E-state index contributed by atoms with van der Waals surface area (Å²) in [6.45, 7) is 3.84. The van der Waals surface area contributed by atoms with Crippen molar-refractivity contribution in [3.63, 3.8) is 0 Å². The van der Waals surface area contributed by atoms with Gasteiger partial charge in [0.25, 0.3) is 5.91 Å². The molecule has 0 bridgehead atoms. The molecule has 2 heterocycles. The van der Waals surface area contributed by atoms with E-state index >= 15 is 0 Å². The van der Waals surface area contributed by atoms with Crippen LogP contribution in [0.2, 0.25) is 0 Å². The lowest BCUT2D eigenvalue weighted by Gasteiger charge is -2.15. The minimum Gasteiger partial charge on any atom is -0.474 e. The predicted molar refractivity (Wildman–Crippen MR) is 84.3 cm³/mol. The minimum absolute atomic E-state index is 0.197. The molecular formula is C17H21N3O3. The molecular weight excluding hydrogens is 294 g/mol. The van der Waals surface area contributed by atoms with Gasteiger partial charge in [0.05, 0.1) is 5.69 Å². The highest BCUT2D eigenvalue weighted by molar-refractivity contribution is 5.96. The average molecular weight is 315 g/mol. The lowest BCUT2D eigenvalue weighted by atomic mass is 10.2. The van der Waals surface area contributed by atoms with Gasteiger partial charge in [-0.3, -0.25) is 4.79 Å². The number of aryl methyl sites for hydroxylation is 2. The third kappa shape index (κ3) is 3.52. The first-order chi connectivity index (χ1) is 11.1. The second kappa shape index (κ2) is 6.81. The summed E-state index contributed by atoms with van der Waals surface area (Å²) in [5.41, 5.74) is 1.96. The molecule has 2 aromatic heterocycles. The van der Waals surface area contributed by atoms with Crippen LogP contribution in [-0.4, -0.2) is 22.2 Å². The van der Waals surface area contributed by atoms with Crippen LogP contribution in [-0.2, 0) is 6.54 Å². The number of hydrogen-bond donors (Lipinski definition) is 1. The summed E-state index contributed by atoms with van der Waals surface area (Å²) in [5, 5.41) is 6.69. The number of rotatable bonds is 5. The maximum Gasteiger partial charge on any atom is 0.257 e. The number of nitrogens with one attached hydrogen (secondary N) is 1. The molecule has 1 amide bonds. The second-order valence-electron chi connectivity index (χ2n) is 5.87. The fourth-order valence-electron chi connectivity index (χ4n) is 2.90. The van der Waals surface area contributed by atoms with Crippen molar-refractivity contribution in [2.45, 2.75) is 52.2 Å². The quantitative estimate of drug-likeness (QED) is 0.918. The molecule has 0 radical (unpaired) electrons. The fraction of sp³-hybridized carbons (Fsp3) is 0.471. The van der Waals surface area contributed by atoms with Gasteiger partial charge in [0, 0.05) is 18.3 Å². The van der Waals surface area contributed by atoms with Crippen molar-refractivity contribution in [1.29, 1.82) is 0 Å². The molecule has 2 aromatic rings. The van der Waals surface area contributed by atoms with Gasteiger partial charge in [0.1, 0.15) is 17.4 Å². The van der Waals surface area contributed by atoms with Crippen LogP contribution >= 0.6 is 0 Å². The first-order valence-electron chi connectivity index (χ1n) is 7.97. The van der Waals surface area contributed by atoms with Crippen molar-refractivity contribution >= 4 is 5.91 Å². The Labute approximate surface area is 135 Å². The van der Waals surface area contributed by atoms with Crippen molar-refractivity contribution in [3.05, 3.63) is 40.9 Å². The first kappa shape index (κ1) is 15.5. The van der Waals surface area contributed by atoms with Crippen LogP contribution in [0.5, 0.6) is 5.88 Å². The zero-order valence-electron chi connectivity index (χ0n) is 13.5. The number of pyridine rings is 1. The highest BCUT2D eigenvalue weighted by Gasteiger charge is 2.20. The number of hydrogen-bond acceptors (Lipinski definition) is 5. The summed E-state index contributed by atoms with van der Waals surface area (Å²) in [4.78, 5) is 16.6. The Morgan fingerprint density at radius 2 is 2.17 bits per heavy atom. The van der Waals surface area contributed by atoms with E-state index in [1.807, 2.05) is 12.1 Å². The summed E-state index contributed by atoms with van der Waals surface area (Å²) < 4.78 is 11.0. The third-order valence-electron chi connectivity index (χ3n) is 4.13. The van der Waals surface area contributed by atoms with E-state index in [4.69, 9.17) is 9.26 Å². The van der Waals surface area contributed by atoms with E-state index in [0.29, 0.717) is 29.4 Å². The van der Waals surface area contributed by atoms with E-state index in [-0.39, 0.29) is 12.0 Å². The molecule has 6 heteroatoms. The van der Waals surface area contributed by atoms with Crippen LogP contribution in [0, 0.1) is 13.8 Å². The van der Waals surface area contributed by atoms with E-state index < -0.39 is 0 Å². The Morgan fingerprint density at radius 1 is 1.39 bits per heavy atom. The standard InChI is InChI=1S/C17H21N3O3/c1-11-15(12(2)23-20-11)16(21)19-10-13-6-5-9-18-17(13)22-14-7-3-4-8-14/h5-6,9,14H,3-4,7-8,10H2,1-2H3,(H,19,21). The number of nitrogens with zero attached hydrogens (tertiary/aromatic N) is 2. The van der Waals surface area contributed by atoms with Gasteiger partial charge in [-0.2, -0.15) is 0 Å². The fourth-order valence-corrected chi connectivity index (χ4v) is 2.90. The zero-order valence-corrected chi connectivity index (χ0v) is 13.5. The Morgan fingerprint density at radius 3 is 2.87 bits per heavy atom. The van der Waals surface area contributed by atoms with Crippen LogP contribution in [0.15, 0.2) is 22.9 Å². The number of aromatic nitrogens is 2. The van der Waals surface area contributed by atoms with E-state index in [0.717, 1.165) is 18.4 Å². The van der Waals surface area contributed by atoms with E-state index in [2.05, 4.69) is 15.5 Å². The average Bonchev–Trinajstić information content (AvgIpc) is 3.16. The van der Waals surface area contributed by atoms with Crippen LogP contribution in [0.3, 0.4) is 0 Å². The lowest BCUT2D eigenvalue weighted by Crippen LogP contribution is -2.24. The van der Waals surface area contributed by atoms with E-state index in [9.17, 15) is 4.79 Å². The van der Waals surface area contributed by atoms with Gasteiger partial charge in [-0.15, -0.1) is 0 Å². The molecule has 6 nitrogen and oxygen atoms in total. The molecule has 0 aromatic carbocycles. The smallest absolute Gasteiger partial charge is 0.257 e. The summed E-state index contributed by atoms with van der Waals surface area (Å²) in [7, 11) is 0. The van der Waals surface area contributed by atoms with E-state index in [1.165, 1.54) is 12.8 Å². The minimum atomic E-state index is -0.197. The van der Waals surface area contributed by atoms with Gasteiger partial charge in [-0.05, 0) is 45.6 Å². The van der Waals surface area contributed by atoms with Gasteiger partial charge in [-0.1, -0.05) is 11.2 Å². The molecule has 0 atom stereocenters. The first-order valence-corrected chi connectivity index (χ1v) is 7.97. The largest absolute Gasteiger partial charge is 0.474 e. The van der Waals surface area contributed by atoms with Crippen molar-refractivity contribution in [2.24, 2.45) is 0 Å². The maximum atomic E-state index is 12.3. The van der Waals surface area contributed by atoms with Gasteiger partial charge in [0.2, 0.25) is 5.88 Å². The molecule has 0 aliphatic heterocycles. The van der Waals surface area contributed by atoms with Gasteiger partial charge in [0.15, 0.2) is 0 Å². The van der Waals surface area contributed by atoms with E-state index in [1.54, 1.807) is 20.0 Å². The van der Waals surface area contributed by atoms with Crippen molar-refractivity contribution < 1.29 is 14.1 Å². The highest BCUT2D eigenvalue weighted by Crippen LogP contribution is 2.25. The Kier molecular flexibility index (Phi) is 4.60. The topological polar surface area (TPSA) is 77.3 Å². The summed E-state index contributed by atoms with van der Waals surface area (Å²) in [6.07, 6.45) is 6.50. The number of amides is 1. The summed E-state index contributed by atoms with van der Waals surface area (Å²) in [6, 6.07) is 3.77. The van der Waals surface area contributed by atoms with Crippen molar-refractivity contribution in [1.82, 2.24) is 15.5 Å². The molecule has 1 fully saturated rings. The zero-order chi connectivity index (χ0) is 16.2. The van der Waals surface area contributed by atoms with Gasteiger partial charge in [-0.25, -0.2) is 4.98 Å². The van der Waals surface area contributed by atoms with Crippen molar-refractivity contribution in [3.8, 4) is 5.88 Å². The summed E-state index contributed by atoms with van der Waals surface area (Å²) in [5.74, 6) is 0.934. The van der Waals surface area contributed by atoms with Crippen LogP contribution in [0.25, 0.3) is 0 Å². The molecule has 3 rings (SSSR count). The van der Waals surface area contributed by atoms with Gasteiger partial charge < -0.3 is 14.6 Å². The molecule has 23 heavy (non-hydrogen) atoms. The SMILES string of the molecule is Cc1noc(C)c1C(=O)NCc1cccnc1OC1CCCC1. The lowest BCUT2D eigenvalue weighted by molar-refractivity contribution is 0.0948. The van der Waals surface area contributed by atoms with Gasteiger partial charge >= 0.3 is 0 Å². The molecule has 1 saturated carbocycles. The molecule has 0 spiro atoms. The molecule has 0 unspecified atom stereocenters. The molecule has 1 N–H and O–H groups in total. The van der Waals surface area contributed by atoms with Crippen LogP contribution < -0.4 is 10.1 Å². The second-order valence-corrected chi connectivity index (χ2v) is 5.87. The number of carbonyl (C=O) groups is 1. The van der Waals surface area contributed by atoms with Crippen LogP contribution in [0.4, 0.5) is 0 Å². The molecule has 122 valence electrons. The molecule has 0 saturated heterocycles. The highest BCUT2D eigenvalue weighted by atomic mass is 16.5. The predicted octanol–water partition coefficient (Wildman–Crippen LogP) is 2.94. The normalized spacial score (nSPS) is 14.9. The third-order valence-corrected chi connectivity index (χ3v) is 4.13. The maximum absolute atomic E-state index is 12.3. The molecule has 1 aliphatic rings. The monoisotopic (exact) mass is 315 g/mol. The number of carbonyl (C=O) groups excluding carboxylic acids is 1. The van der Waals surface area contributed by atoms with Crippen molar-refractivity contribution in [2.75, 3.05) is 0 Å². The summed E-state index contributed by atoms with van der Waals surface area (Å²) >= 11 is 0. The number of ether oxygens (including phenoxy) is 1. The van der Waals surface area contributed by atoms with Crippen LogP contribution in [0.1, 0.15) is 53.1 Å². The molecule has 1 aliphatic carbocycles. The Balaban J connectivity index is 1.67.